The molecule has 0 unspecified atom stereocenters. The SMILES string of the molecule is CS(=O)(=O)c1nc(Cn2c(NC3CCN(CCc4ccc(O)cc4)CC3)nc3ccccc32)c(S(C)(=O)=O)o1. The molecule has 3 heterocycles. The number of aromatic hydroxyl groups is 1. The molecule has 0 radical (unpaired) electrons. The van der Waals surface area contributed by atoms with Crippen molar-refractivity contribution in [2.75, 3.05) is 37.5 Å². The fourth-order valence-corrected chi connectivity index (χ4v) is 6.13. The van der Waals surface area contributed by atoms with Crippen LogP contribution in [0, 0.1) is 0 Å². The Kier molecular flexibility index (Phi) is 7.40. The number of piperidine rings is 1. The van der Waals surface area contributed by atoms with E-state index in [1.54, 1.807) is 12.1 Å². The molecule has 0 aliphatic carbocycles. The van der Waals surface area contributed by atoms with Gasteiger partial charge in [0, 0.05) is 38.2 Å². The fourth-order valence-electron chi connectivity index (χ4n) is 4.79. The number of hydrogen-bond donors (Lipinski definition) is 2. The van der Waals surface area contributed by atoms with Gasteiger partial charge in [-0.25, -0.2) is 26.8 Å². The van der Waals surface area contributed by atoms with Crippen LogP contribution in [-0.2, 0) is 32.6 Å². The Bertz CT molecular complexity index is 1690. The van der Waals surface area contributed by atoms with Gasteiger partial charge < -0.3 is 24.3 Å². The molecule has 208 valence electrons. The van der Waals surface area contributed by atoms with E-state index in [0.717, 1.165) is 62.4 Å². The first kappa shape index (κ1) is 27.2. The number of rotatable bonds is 9. The van der Waals surface area contributed by atoms with Crippen molar-refractivity contribution in [1.82, 2.24) is 19.4 Å². The number of para-hydroxylation sites is 2. The van der Waals surface area contributed by atoms with Crippen molar-refractivity contribution in [1.29, 1.82) is 0 Å². The van der Waals surface area contributed by atoms with Crippen LogP contribution in [0.4, 0.5) is 5.95 Å². The Balaban J connectivity index is 1.33. The first-order valence-electron chi connectivity index (χ1n) is 12.6. The summed E-state index contributed by atoms with van der Waals surface area (Å²) in [4.78, 5) is 11.2. The number of nitrogens with one attached hydrogen (secondary N) is 1. The van der Waals surface area contributed by atoms with Gasteiger partial charge in [-0.3, -0.25) is 0 Å². The van der Waals surface area contributed by atoms with E-state index in [4.69, 9.17) is 9.40 Å². The van der Waals surface area contributed by atoms with Gasteiger partial charge in [0.2, 0.25) is 30.7 Å². The predicted octanol–water partition coefficient (Wildman–Crippen LogP) is 2.70. The van der Waals surface area contributed by atoms with Gasteiger partial charge in [-0.1, -0.05) is 24.3 Å². The third-order valence-corrected chi connectivity index (χ3v) is 8.63. The van der Waals surface area contributed by atoms with Crippen molar-refractivity contribution in [3.63, 3.8) is 0 Å². The Labute approximate surface area is 227 Å². The molecule has 2 aromatic heterocycles. The summed E-state index contributed by atoms with van der Waals surface area (Å²) in [5.74, 6) is 0.825. The van der Waals surface area contributed by atoms with Crippen molar-refractivity contribution in [2.24, 2.45) is 0 Å². The van der Waals surface area contributed by atoms with Crippen molar-refractivity contribution in [3.05, 3.63) is 59.8 Å². The minimum atomic E-state index is -3.87. The first-order chi connectivity index (χ1) is 18.5. The van der Waals surface area contributed by atoms with Crippen molar-refractivity contribution in [3.8, 4) is 5.75 Å². The van der Waals surface area contributed by atoms with E-state index < -0.39 is 30.0 Å². The quantitative estimate of drug-likeness (QED) is 0.306. The molecule has 1 fully saturated rings. The third-order valence-electron chi connectivity index (χ3n) is 6.83. The molecule has 13 heteroatoms. The number of oxazole rings is 1. The predicted molar refractivity (Wildman–Crippen MR) is 146 cm³/mol. The van der Waals surface area contributed by atoms with Crippen LogP contribution in [0.15, 0.2) is 63.3 Å². The number of sulfone groups is 2. The maximum atomic E-state index is 12.4. The number of fused-ring (bicyclic) bond motifs is 1. The van der Waals surface area contributed by atoms with Crippen molar-refractivity contribution >= 4 is 36.7 Å². The number of aromatic nitrogens is 3. The van der Waals surface area contributed by atoms with Gasteiger partial charge in [0.25, 0.3) is 0 Å². The molecular weight excluding hydrogens is 542 g/mol. The average molecular weight is 574 g/mol. The highest BCUT2D eigenvalue weighted by atomic mass is 32.2. The summed E-state index contributed by atoms with van der Waals surface area (Å²) >= 11 is 0. The number of phenolic OH excluding ortho intramolecular Hbond substituents is 1. The maximum absolute atomic E-state index is 12.4. The zero-order valence-electron chi connectivity index (χ0n) is 21.7. The Morgan fingerprint density at radius 1 is 0.974 bits per heavy atom. The number of benzene rings is 2. The average Bonchev–Trinajstić information content (AvgIpc) is 3.47. The molecule has 2 aromatic carbocycles. The molecule has 5 rings (SSSR count). The smallest absolute Gasteiger partial charge is 0.316 e. The molecule has 4 aromatic rings. The molecule has 0 bridgehead atoms. The van der Waals surface area contributed by atoms with Gasteiger partial charge in [0.1, 0.15) is 11.4 Å². The number of nitrogens with zero attached hydrogens (tertiary/aromatic N) is 4. The van der Waals surface area contributed by atoms with E-state index >= 15 is 0 Å². The molecule has 1 aliphatic heterocycles. The topological polar surface area (TPSA) is 148 Å². The van der Waals surface area contributed by atoms with Gasteiger partial charge in [0.05, 0.1) is 17.6 Å². The van der Waals surface area contributed by atoms with Crippen LogP contribution < -0.4 is 5.32 Å². The molecule has 11 nitrogen and oxygen atoms in total. The van der Waals surface area contributed by atoms with E-state index in [1.807, 2.05) is 41.0 Å². The zero-order chi connectivity index (χ0) is 27.8. The number of anilines is 1. The van der Waals surface area contributed by atoms with Crippen molar-refractivity contribution < 1.29 is 26.4 Å². The van der Waals surface area contributed by atoms with Crippen LogP contribution in [-0.4, -0.2) is 79.6 Å². The van der Waals surface area contributed by atoms with Crippen molar-refractivity contribution in [2.45, 2.75) is 42.2 Å². The van der Waals surface area contributed by atoms with Gasteiger partial charge in [-0.2, -0.15) is 0 Å². The highest BCUT2D eigenvalue weighted by Crippen LogP contribution is 2.27. The number of phenols is 1. The number of imidazole rings is 1. The minimum absolute atomic E-state index is 0.00757. The van der Waals surface area contributed by atoms with E-state index in [2.05, 4.69) is 15.2 Å². The Hall–Kier alpha value is -3.42. The molecule has 39 heavy (non-hydrogen) atoms. The lowest BCUT2D eigenvalue weighted by atomic mass is 10.0. The molecule has 2 N–H and O–H groups in total. The second kappa shape index (κ2) is 10.6. The molecule has 0 spiro atoms. The van der Waals surface area contributed by atoms with Gasteiger partial charge in [-0.05, 0) is 49.1 Å². The van der Waals surface area contributed by atoms with Crippen LogP contribution in [0.5, 0.6) is 5.75 Å². The van der Waals surface area contributed by atoms with Gasteiger partial charge in [0.15, 0.2) is 0 Å². The Morgan fingerprint density at radius 2 is 1.67 bits per heavy atom. The largest absolute Gasteiger partial charge is 0.508 e. The molecule has 1 aliphatic rings. The fraction of sp³-hybridized carbons (Fsp3) is 0.385. The first-order valence-corrected chi connectivity index (χ1v) is 16.4. The highest BCUT2D eigenvalue weighted by Gasteiger charge is 2.28. The second-order valence-electron chi connectivity index (χ2n) is 9.95. The van der Waals surface area contributed by atoms with Gasteiger partial charge in [-0.15, -0.1) is 0 Å². The van der Waals surface area contributed by atoms with Crippen LogP contribution in [0.3, 0.4) is 0 Å². The summed E-state index contributed by atoms with van der Waals surface area (Å²) < 4.78 is 55.9. The van der Waals surface area contributed by atoms with Crippen LogP contribution in [0.25, 0.3) is 11.0 Å². The molecule has 0 atom stereocenters. The van der Waals surface area contributed by atoms with E-state index in [1.165, 1.54) is 5.56 Å². The zero-order valence-corrected chi connectivity index (χ0v) is 23.4. The van der Waals surface area contributed by atoms with E-state index in [9.17, 15) is 21.9 Å². The lowest BCUT2D eigenvalue weighted by Crippen LogP contribution is -2.40. The standard InChI is InChI=1S/C26H31N5O6S2/c1-38(33,34)24-22(29-26(37-24)39(2,35)36)17-31-23-6-4-3-5-21(23)28-25(31)27-19-12-15-30(16-13-19)14-11-18-7-9-20(32)10-8-18/h3-10,19,32H,11-17H2,1-2H3,(H,27,28). The molecule has 1 saturated heterocycles. The Morgan fingerprint density at radius 3 is 2.33 bits per heavy atom. The second-order valence-corrected chi connectivity index (χ2v) is 13.8. The highest BCUT2D eigenvalue weighted by molar-refractivity contribution is 7.91. The van der Waals surface area contributed by atoms with Crippen LogP contribution in [0.1, 0.15) is 24.1 Å². The molecular formula is C26H31N5O6S2. The number of likely N-dealkylation sites (tertiary alicyclic amines) is 1. The van der Waals surface area contributed by atoms with Gasteiger partial charge >= 0.3 is 5.22 Å². The summed E-state index contributed by atoms with van der Waals surface area (Å²) in [5, 5.41) is 11.9. The monoisotopic (exact) mass is 573 g/mol. The van der Waals surface area contributed by atoms with E-state index in [-0.39, 0.29) is 24.0 Å². The summed E-state index contributed by atoms with van der Waals surface area (Å²) in [6, 6.07) is 14.9. The molecule has 0 saturated carbocycles. The normalized spacial score (nSPS) is 15.6. The summed E-state index contributed by atoms with van der Waals surface area (Å²) in [6.45, 7) is 2.72. The maximum Gasteiger partial charge on any atom is 0.316 e. The lowest BCUT2D eigenvalue weighted by molar-refractivity contribution is 0.221. The summed E-state index contributed by atoms with van der Waals surface area (Å²) in [7, 11) is -7.72. The summed E-state index contributed by atoms with van der Waals surface area (Å²) in [6.07, 6.45) is 4.59. The third kappa shape index (κ3) is 6.26. The van der Waals surface area contributed by atoms with Crippen LogP contribution in [0.2, 0.25) is 0 Å². The van der Waals surface area contributed by atoms with E-state index in [0.29, 0.717) is 5.95 Å². The lowest BCUT2D eigenvalue weighted by Gasteiger charge is -2.32. The summed E-state index contributed by atoms with van der Waals surface area (Å²) in [5.41, 5.74) is 2.67. The number of hydrogen-bond acceptors (Lipinski definition) is 10. The molecule has 0 amide bonds. The minimum Gasteiger partial charge on any atom is -0.508 e. The van der Waals surface area contributed by atoms with Crippen LogP contribution >= 0.6 is 0 Å².